The highest BCUT2D eigenvalue weighted by atomic mass is 35.5. The fraction of sp³-hybridized carbons (Fsp3) is 0.190. The lowest BCUT2D eigenvalue weighted by molar-refractivity contribution is -0.120. The zero-order valence-corrected chi connectivity index (χ0v) is 34.6. The largest absolute Gasteiger partial charge is 0.374 e. The van der Waals surface area contributed by atoms with E-state index in [1.165, 1.54) is 42.2 Å². The Morgan fingerprint density at radius 2 is 0.849 bits per heavy atom. The minimum atomic E-state index is -0.339. The predicted molar refractivity (Wildman–Crippen MR) is 233 cm³/mol. The van der Waals surface area contributed by atoms with Crippen LogP contribution in [-0.4, -0.2) is 23.7 Å². The van der Waals surface area contributed by atoms with Gasteiger partial charge in [-0.25, -0.2) is 0 Å². The molecule has 4 nitrogen and oxygen atoms in total. The van der Waals surface area contributed by atoms with Crippen molar-refractivity contribution in [3.63, 3.8) is 0 Å². The van der Waals surface area contributed by atoms with E-state index in [1.807, 2.05) is 62.4 Å². The Morgan fingerprint density at radius 1 is 0.509 bits per heavy atom. The highest BCUT2D eigenvalue weighted by molar-refractivity contribution is 7.30. The van der Waals surface area contributed by atoms with Crippen molar-refractivity contribution in [1.82, 2.24) is 0 Å². The van der Waals surface area contributed by atoms with Crippen molar-refractivity contribution in [1.29, 1.82) is 0 Å². The van der Waals surface area contributed by atoms with Gasteiger partial charge in [0, 0.05) is 42.1 Å². The summed E-state index contributed by atoms with van der Waals surface area (Å²) in [7, 11) is 0. The molecule has 0 saturated heterocycles. The topological polar surface area (TPSA) is 58.2 Å². The van der Waals surface area contributed by atoms with E-state index in [9.17, 15) is 9.59 Å². The Labute approximate surface area is 340 Å². The fourth-order valence-corrected chi connectivity index (χ4v) is 12.0. The molecule has 0 aliphatic carbocycles. The van der Waals surface area contributed by atoms with Gasteiger partial charge in [0.05, 0.1) is 41.9 Å². The summed E-state index contributed by atoms with van der Waals surface area (Å²) in [5, 5.41) is 7.10. The van der Waals surface area contributed by atoms with Crippen LogP contribution in [0.3, 0.4) is 0 Å². The lowest BCUT2D eigenvalue weighted by atomic mass is 10.0. The quantitative estimate of drug-likeness (QED) is 0.102. The second-order valence-corrected chi connectivity index (χ2v) is 19.1. The van der Waals surface area contributed by atoms with Crippen molar-refractivity contribution >= 4 is 103 Å². The summed E-state index contributed by atoms with van der Waals surface area (Å²) in [5.41, 5.74) is 4.02. The van der Waals surface area contributed by atoms with E-state index < -0.39 is 0 Å². The number of ketones is 2. The number of thiophene rings is 5. The van der Waals surface area contributed by atoms with Crippen LogP contribution in [0, 0.1) is 0 Å². The van der Waals surface area contributed by atoms with E-state index in [0.717, 1.165) is 42.0 Å². The third kappa shape index (κ3) is 9.06. The first-order valence-electron chi connectivity index (χ1n) is 17.3. The first kappa shape index (κ1) is 37.8. The van der Waals surface area contributed by atoms with Gasteiger partial charge in [-0.1, -0.05) is 97.7 Å². The van der Waals surface area contributed by atoms with E-state index in [4.69, 9.17) is 23.2 Å². The number of benzene rings is 2. The molecule has 0 radical (unpaired) electrons. The molecule has 7 aromatic rings. The molecule has 0 aliphatic heterocycles. The van der Waals surface area contributed by atoms with E-state index in [1.54, 1.807) is 34.0 Å². The molecule has 0 fully saturated rings. The molecule has 2 atom stereocenters. The number of rotatable bonds is 16. The molecule has 53 heavy (non-hydrogen) atoms. The second kappa shape index (κ2) is 17.3. The average Bonchev–Trinajstić information content (AvgIpc) is 4.02. The SMILES string of the molecule is CCC(=O)[C@H](Cc1ccccc1)Nc1cc(Cl)sc1-c1ccc(-c2ccc(-c3ccc(-c4sc(Cl)cc4N[C@@H](Cc4ccccc4)C(=O)CC)s3)s2)s1. The van der Waals surface area contributed by atoms with E-state index in [2.05, 4.69) is 71.3 Å². The summed E-state index contributed by atoms with van der Waals surface area (Å²) in [6.45, 7) is 3.82. The zero-order valence-electron chi connectivity index (χ0n) is 29.0. The Bertz CT molecular complexity index is 2160. The lowest BCUT2D eigenvalue weighted by Gasteiger charge is -2.18. The molecular weight excluding hydrogens is 796 g/mol. The normalized spacial score (nSPS) is 12.5. The summed E-state index contributed by atoms with van der Waals surface area (Å²) in [6.07, 6.45) is 2.15. The summed E-state index contributed by atoms with van der Waals surface area (Å²) < 4.78 is 1.36. The molecule has 0 bridgehead atoms. The van der Waals surface area contributed by atoms with Gasteiger partial charge in [-0.2, -0.15) is 0 Å². The standard InChI is InChI=1S/C42H36Cl2N2O2S5/c1-3-31(47)27(21-25-11-7-5-8-12-25)45-29-23-39(43)52-41(29)37-19-17-35(50-37)33-15-16-34(49-33)36-18-20-38(51-36)42-30(24-40(44)53-42)46-28(32(48)4-2)22-26-13-9-6-10-14-26/h5-20,23-24,27-28,45-46H,3-4,21-22H2,1-2H3/t27-,28-/m0/s1. The van der Waals surface area contributed by atoms with Crippen LogP contribution in [0.4, 0.5) is 11.4 Å². The number of hydrogen-bond donors (Lipinski definition) is 2. The van der Waals surface area contributed by atoms with Gasteiger partial charge in [0.25, 0.3) is 0 Å². The molecule has 5 heterocycles. The summed E-state index contributed by atoms with van der Waals surface area (Å²) in [6, 6.07) is 36.4. The molecule has 0 unspecified atom stereocenters. The van der Waals surface area contributed by atoms with Crippen molar-refractivity contribution < 1.29 is 9.59 Å². The van der Waals surface area contributed by atoms with Crippen LogP contribution in [-0.2, 0) is 22.4 Å². The highest BCUT2D eigenvalue weighted by Gasteiger charge is 2.23. The predicted octanol–water partition coefficient (Wildman–Crippen LogP) is 14.0. The van der Waals surface area contributed by atoms with Crippen LogP contribution in [0.2, 0.25) is 8.67 Å². The maximum atomic E-state index is 13.0. The van der Waals surface area contributed by atoms with Crippen molar-refractivity contribution in [3.05, 3.63) is 129 Å². The second-order valence-electron chi connectivity index (χ2n) is 12.5. The molecule has 11 heteroatoms. The van der Waals surface area contributed by atoms with Gasteiger partial charge in [-0.15, -0.1) is 56.7 Å². The van der Waals surface area contributed by atoms with Crippen molar-refractivity contribution in [2.24, 2.45) is 0 Å². The van der Waals surface area contributed by atoms with Gasteiger partial charge in [-0.05, 0) is 72.5 Å². The molecule has 0 saturated carbocycles. The molecule has 7 rings (SSSR count). The molecule has 0 amide bonds. The number of halogens is 2. The molecule has 270 valence electrons. The van der Waals surface area contributed by atoms with Gasteiger partial charge in [-0.3, -0.25) is 9.59 Å². The summed E-state index contributed by atoms with van der Waals surface area (Å²) >= 11 is 21.4. The third-order valence-corrected chi connectivity index (χ3v) is 15.4. The van der Waals surface area contributed by atoms with Gasteiger partial charge < -0.3 is 10.6 Å². The van der Waals surface area contributed by atoms with Crippen LogP contribution in [0.25, 0.3) is 39.0 Å². The van der Waals surface area contributed by atoms with Gasteiger partial charge in [0.1, 0.15) is 0 Å². The monoisotopic (exact) mass is 830 g/mol. The fourth-order valence-electron chi connectivity index (χ4n) is 6.15. The number of carbonyl (C=O) groups is 2. The minimum absolute atomic E-state index is 0.172. The number of nitrogens with one attached hydrogen (secondary N) is 2. The minimum Gasteiger partial charge on any atom is -0.374 e. The van der Waals surface area contributed by atoms with E-state index >= 15 is 0 Å². The van der Waals surface area contributed by atoms with Crippen LogP contribution < -0.4 is 10.6 Å². The summed E-state index contributed by atoms with van der Waals surface area (Å²) in [5.74, 6) is 0.343. The van der Waals surface area contributed by atoms with E-state index in [0.29, 0.717) is 34.4 Å². The van der Waals surface area contributed by atoms with Gasteiger partial charge >= 0.3 is 0 Å². The maximum Gasteiger partial charge on any atom is 0.155 e. The third-order valence-electron chi connectivity index (χ3n) is 8.85. The Hall–Kier alpha value is -3.54. The smallest absolute Gasteiger partial charge is 0.155 e. The van der Waals surface area contributed by atoms with Crippen LogP contribution >= 0.6 is 79.9 Å². The van der Waals surface area contributed by atoms with Crippen LogP contribution in [0.1, 0.15) is 37.8 Å². The Balaban J connectivity index is 1.09. The lowest BCUT2D eigenvalue weighted by Crippen LogP contribution is -2.31. The number of hydrogen-bond acceptors (Lipinski definition) is 9. The number of anilines is 2. The first-order valence-corrected chi connectivity index (χ1v) is 22.2. The zero-order chi connectivity index (χ0) is 36.9. The van der Waals surface area contributed by atoms with E-state index in [-0.39, 0.29) is 23.7 Å². The summed E-state index contributed by atoms with van der Waals surface area (Å²) in [4.78, 5) is 35.1. The molecule has 2 aromatic carbocycles. The first-order chi connectivity index (χ1) is 25.8. The van der Waals surface area contributed by atoms with Gasteiger partial charge in [0.2, 0.25) is 0 Å². The van der Waals surface area contributed by atoms with Crippen molar-refractivity contribution in [2.45, 2.75) is 51.6 Å². The molecule has 5 aromatic heterocycles. The Kier molecular flexibility index (Phi) is 12.3. The number of carbonyl (C=O) groups excluding carboxylic acids is 2. The number of Topliss-reactive ketones (excluding diaryl/α,β-unsaturated/α-hetero) is 2. The van der Waals surface area contributed by atoms with Crippen LogP contribution in [0.5, 0.6) is 0 Å². The van der Waals surface area contributed by atoms with Crippen molar-refractivity contribution in [3.8, 4) is 39.0 Å². The van der Waals surface area contributed by atoms with Crippen LogP contribution in [0.15, 0.2) is 109 Å². The molecule has 2 N–H and O–H groups in total. The van der Waals surface area contributed by atoms with Gasteiger partial charge in [0.15, 0.2) is 11.6 Å². The molecular formula is C42H36Cl2N2O2S5. The Morgan fingerprint density at radius 3 is 1.21 bits per heavy atom. The van der Waals surface area contributed by atoms with Crippen molar-refractivity contribution in [2.75, 3.05) is 10.6 Å². The average molecular weight is 832 g/mol. The maximum absolute atomic E-state index is 13.0. The highest BCUT2D eigenvalue weighted by Crippen LogP contribution is 2.48. The molecule has 0 spiro atoms. The molecule has 0 aliphatic rings.